The Morgan fingerprint density at radius 2 is 1.70 bits per heavy atom. The van der Waals surface area contributed by atoms with Crippen LogP contribution < -0.4 is 5.73 Å². The van der Waals surface area contributed by atoms with Crippen molar-refractivity contribution < 1.29 is 13.2 Å². The summed E-state index contributed by atoms with van der Waals surface area (Å²) < 4.78 is 39.3. The van der Waals surface area contributed by atoms with Crippen molar-refractivity contribution >= 4 is 17.2 Å². The first-order chi connectivity index (χ1) is 9.38. The van der Waals surface area contributed by atoms with Crippen LogP contribution in [0.4, 0.5) is 13.2 Å². The zero-order chi connectivity index (χ0) is 14.8. The first-order valence-electron chi connectivity index (χ1n) is 5.92. The van der Waals surface area contributed by atoms with Crippen LogP contribution in [0.1, 0.15) is 22.3 Å². The maximum Gasteiger partial charge on any atom is 0.416 e. The SMILES string of the molecule is NC(=S)c1ccc(Cc2ccccc2)c(C(F)(F)F)c1. The Morgan fingerprint density at radius 1 is 1.05 bits per heavy atom. The van der Waals surface area contributed by atoms with E-state index < -0.39 is 11.7 Å². The number of alkyl halides is 3. The highest BCUT2D eigenvalue weighted by Gasteiger charge is 2.33. The lowest BCUT2D eigenvalue weighted by atomic mass is 9.97. The van der Waals surface area contributed by atoms with Crippen molar-refractivity contribution in [2.24, 2.45) is 5.73 Å². The molecule has 2 rings (SSSR count). The van der Waals surface area contributed by atoms with E-state index in [1.807, 2.05) is 6.07 Å². The van der Waals surface area contributed by atoms with Gasteiger partial charge in [-0.05, 0) is 23.6 Å². The van der Waals surface area contributed by atoms with Crippen molar-refractivity contribution in [3.05, 3.63) is 70.8 Å². The number of thiocarbonyl (C=S) groups is 1. The third-order valence-electron chi connectivity index (χ3n) is 2.94. The van der Waals surface area contributed by atoms with E-state index >= 15 is 0 Å². The van der Waals surface area contributed by atoms with Gasteiger partial charge in [0.25, 0.3) is 0 Å². The van der Waals surface area contributed by atoms with Gasteiger partial charge in [0.15, 0.2) is 0 Å². The first kappa shape index (κ1) is 14.5. The van der Waals surface area contributed by atoms with Gasteiger partial charge in [-0.1, -0.05) is 54.7 Å². The van der Waals surface area contributed by atoms with Gasteiger partial charge in [0.2, 0.25) is 0 Å². The highest BCUT2D eigenvalue weighted by atomic mass is 32.1. The van der Waals surface area contributed by atoms with E-state index in [0.29, 0.717) is 0 Å². The minimum atomic E-state index is -4.43. The number of hydrogen-bond acceptors (Lipinski definition) is 1. The van der Waals surface area contributed by atoms with Crippen LogP contribution in [0.15, 0.2) is 48.5 Å². The Hall–Kier alpha value is -1.88. The van der Waals surface area contributed by atoms with Crippen LogP contribution in [0.2, 0.25) is 0 Å². The fourth-order valence-corrected chi connectivity index (χ4v) is 2.09. The molecule has 0 amide bonds. The summed E-state index contributed by atoms with van der Waals surface area (Å²) in [6, 6.07) is 13.0. The summed E-state index contributed by atoms with van der Waals surface area (Å²) in [7, 11) is 0. The molecule has 0 atom stereocenters. The molecule has 0 unspecified atom stereocenters. The van der Waals surface area contributed by atoms with Crippen LogP contribution in [-0.2, 0) is 12.6 Å². The molecule has 2 N–H and O–H groups in total. The maximum atomic E-state index is 13.1. The lowest BCUT2D eigenvalue weighted by Crippen LogP contribution is -2.14. The second kappa shape index (κ2) is 5.63. The predicted molar refractivity (Wildman–Crippen MR) is 76.6 cm³/mol. The Morgan fingerprint density at radius 3 is 2.25 bits per heavy atom. The van der Waals surface area contributed by atoms with Gasteiger partial charge >= 0.3 is 6.18 Å². The fraction of sp³-hybridized carbons (Fsp3) is 0.133. The van der Waals surface area contributed by atoms with Crippen LogP contribution in [0, 0.1) is 0 Å². The van der Waals surface area contributed by atoms with Crippen LogP contribution in [-0.4, -0.2) is 4.99 Å². The Bertz CT molecular complexity index is 621. The van der Waals surface area contributed by atoms with Gasteiger partial charge in [-0.2, -0.15) is 13.2 Å². The molecule has 0 bridgehead atoms. The number of halogens is 3. The van der Waals surface area contributed by atoms with Crippen molar-refractivity contribution in [3.63, 3.8) is 0 Å². The van der Waals surface area contributed by atoms with E-state index in [1.165, 1.54) is 12.1 Å². The molecular formula is C15H12F3NS. The predicted octanol–water partition coefficient (Wildman–Crippen LogP) is 3.93. The Kier molecular flexibility index (Phi) is 4.09. The average Bonchev–Trinajstić information content (AvgIpc) is 2.39. The quantitative estimate of drug-likeness (QED) is 0.868. The number of nitrogens with two attached hydrogens (primary N) is 1. The lowest BCUT2D eigenvalue weighted by molar-refractivity contribution is -0.138. The molecule has 0 spiro atoms. The highest BCUT2D eigenvalue weighted by molar-refractivity contribution is 7.80. The molecule has 104 valence electrons. The largest absolute Gasteiger partial charge is 0.416 e. The van der Waals surface area contributed by atoms with E-state index in [-0.39, 0.29) is 22.5 Å². The molecule has 0 saturated carbocycles. The van der Waals surface area contributed by atoms with Gasteiger partial charge in [-0.15, -0.1) is 0 Å². The van der Waals surface area contributed by atoms with Gasteiger partial charge in [0, 0.05) is 5.56 Å². The molecule has 0 aliphatic carbocycles. The zero-order valence-corrected chi connectivity index (χ0v) is 11.3. The van der Waals surface area contributed by atoms with E-state index in [0.717, 1.165) is 11.6 Å². The molecule has 2 aromatic rings. The van der Waals surface area contributed by atoms with Crippen molar-refractivity contribution in [1.82, 2.24) is 0 Å². The van der Waals surface area contributed by atoms with Crippen molar-refractivity contribution in [2.45, 2.75) is 12.6 Å². The van der Waals surface area contributed by atoms with Crippen LogP contribution in [0.3, 0.4) is 0 Å². The number of benzene rings is 2. The molecule has 0 fully saturated rings. The summed E-state index contributed by atoms with van der Waals surface area (Å²) in [4.78, 5) is -0.0400. The van der Waals surface area contributed by atoms with Gasteiger partial charge in [0.1, 0.15) is 4.99 Å². The van der Waals surface area contributed by atoms with Crippen molar-refractivity contribution in [3.8, 4) is 0 Å². The Labute approximate surface area is 120 Å². The molecule has 5 heteroatoms. The molecule has 0 radical (unpaired) electrons. The summed E-state index contributed by atoms with van der Waals surface area (Å²) in [5.74, 6) is 0. The van der Waals surface area contributed by atoms with E-state index in [9.17, 15) is 13.2 Å². The van der Waals surface area contributed by atoms with Crippen molar-refractivity contribution in [2.75, 3.05) is 0 Å². The normalized spacial score (nSPS) is 11.3. The molecule has 0 aliphatic heterocycles. The van der Waals surface area contributed by atoms with Gasteiger partial charge in [-0.3, -0.25) is 0 Å². The summed E-state index contributed by atoms with van der Waals surface area (Å²) in [6.07, 6.45) is -4.21. The average molecular weight is 295 g/mol. The fourth-order valence-electron chi connectivity index (χ4n) is 1.96. The number of rotatable bonds is 3. The monoisotopic (exact) mass is 295 g/mol. The van der Waals surface area contributed by atoms with Crippen LogP contribution in [0.25, 0.3) is 0 Å². The summed E-state index contributed by atoms with van der Waals surface area (Å²) in [5, 5.41) is 0. The van der Waals surface area contributed by atoms with Crippen LogP contribution in [0.5, 0.6) is 0 Å². The summed E-state index contributed by atoms with van der Waals surface area (Å²) >= 11 is 4.73. The third kappa shape index (κ3) is 3.36. The second-order valence-electron chi connectivity index (χ2n) is 4.40. The standard InChI is InChI=1S/C15H12F3NS/c16-15(17,18)13-9-12(14(19)20)7-6-11(13)8-10-4-2-1-3-5-10/h1-7,9H,8H2,(H2,19,20). The van der Waals surface area contributed by atoms with Crippen LogP contribution >= 0.6 is 12.2 Å². The van der Waals surface area contributed by atoms with Gasteiger partial charge in [-0.25, -0.2) is 0 Å². The zero-order valence-electron chi connectivity index (χ0n) is 10.4. The minimum absolute atomic E-state index is 0.0400. The first-order valence-corrected chi connectivity index (χ1v) is 6.32. The third-order valence-corrected chi connectivity index (χ3v) is 3.17. The second-order valence-corrected chi connectivity index (χ2v) is 4.84. The molecular weight excluding hydrogens is 283 g/mol. The molecule has 1 nitrogen and oxygen atoms in total. The molecule has 0 aliphatic rings. The molecule has 0 saturated heterocycles. The highest BCUT2D eigenvalue weighted by Crippen LogP contribution is 2.33. The molecule has 0 aromatic heterocycles. The Balaban J connectivity index is 2.45. The van der Waals surface area contributed by atoms with Gasteiger partial charge in [0.05, 0.1) is 5.56 Å². The molecule has 0 heterocycles. The van der Waals surface area contributed by atoms with E-state index in [4.69, 9.17) is 18.0 Å². The topological polar surface area (TPSA) is 26.0 Å². The smallest absolute Gasteiger partial charge is 0.389 e. The minimum Gasteiger partial charge on any atom is -0.389 e. The molecule has 20 heavy (non-hydrogen) atoms. The summed E-state index contributed by atoms with van der Waals surface area (Å²) in [5.41, 5.74) is 5.96. The van der Waals surface area contributed by atoms with Gasteiger partial charge < -0.3 is 5.73 Å². The summed E-state index contributed by atoms with van der Waals surface area (Å²) in [6.45, 7) is 0. The van der Waals surface area contributed by atoms with Crippen molar-refractivity contribution in [1.29, 1.82) is 0 Å². The molecule has 2 aromatic carbocycles. The number of hydrogen-bond donors (Lipinski definition) is 1. The van der Waals surface area contributed by atoms with E-state index in [2.05, 4.69) is 0 Å². The van der Waals surface area contributed by atoms with E-state index in [1.54, 1.807) is 24.3 Å². The maximum absolute atomic E-state index is 13.1. The lowest BCUT2D eigenvalue weighted by Gasteiger charge is -2.14.